The van der Waals surface area contributed by atoms with E-state index in [1.54, 1.807) is 0 Å². The average molecular weight is 261 g/mol. The first-order valence-corrected chi connectivity index (χ1v) is 7.90. The molecule has 2 bridgehead atoms. The molecule has 3 aliphatic rings. The third kappa shape index (κ3) is 1.76. The van der Waals surface area contributed by atoms with Crippen LogP contribution in [0.3, 0.4) is 0 Å². The monoisotopic (exact) mass is 261 g/mol. The lowest BCUT2D eigenvalue weighted by molar-refractivity contribution is 0.248. The molecule has 4 heteroatoms. The van der Waals surface area contributed by atoms with Gasteiger partial charge < -0.3 is 9.84 Å². The Morgan fingerprint density at radius 3 is 2.95 bits per heavy atom. The molecule has 0 amide bonds. The molecule has 4 nitrogen and oxygen atoms in total. The molecule has 4 unspecified atom stereocenters. The first-order valence-electron chi connectivity index (χ1n) is 7.90. The highest BCUT2D eigenvalue weighted by atomic mass is 16.5. The molecule has 19 heavy (non-hydrogen) atoms. The fraction of sp³-hybridized carbons (Fsp3) is 0.867. The Labute approximate surface area is 114 Å². The third-order valence-electron chi connectivity index (χ3n) is 5.77. The fourth-order valence-electron chi connectivity index (χ4n) is 4.58. The maximum absolute atomic E-state index is 5.64. The molecular formula is C15H23N3O. The largest absolute Gasteiger partial charge is 0.337 e. The molecule has 2 saturated carbocycles. The molecule has 104 valence electrons. The van der Waals surface area contributed by atoms with Crippen molar-refractivity contribution in [2.24, 2.45) is 11.8 Å². The van der Waals surface area contributed by atoms with Crippen molar-refractivity contribution in [2.75, 3.05) is 6.54 Å². The minimum Gasteiger partial charge on any atom is -0.337 e. The van der Waals surface area contributed by atoms with Gasteiger partial charge >= 0.3 is 0 Å². The summed E-state index contributed by atoms with van der Waals surface area (Å²) in [6.07, 6.45) is 8.84. The van der Waals surface area contributed by atoms with Crippen molar-refractivity contribution < 1.29 is 4.52 Å². The van der Waals surface area contributed by atoms with E-state index in [0.29, 0.717) is 5.92 Å². The van der Waals surface area contributed by atoms with Crippen LogP contribution in [0.5, 0.6) is 0 Å². The summed E-state index contributed by atoms with van der Waals surface area (Å²) in [6.45, 7) is 3.28. The maximum Gasteiger partial charge on any atom is 0.246 e. The van der Waals surface area contributed by atoms with Gasteiger partial charge in [-0.1, -0.05) is 18.5 Å². The van der Waals surface area contributed by atoms with Gasteiger partial charge in [-0.3, -0.25) is 0 Å². The molecule has 0 spiro atoms. The highest BCUT2D eigenvalue weighted by molar-refractivity contribution is 5.11. The van der Waals surface area contributed by atoms with Gasteiger partial charge in [0.15, 0.2) is 5.82 Å². The normalized spacial score (nSPS) is 41.2. The van der Waals surface area contributed by atoms with Gasteiger partial charge in [0.1, 0.15) is 0 Å². The maximum atomic E-state index is 5.64. The van der Waals surface area contributed by atoms with Gasteiger partial charge in [-0.25, -0.2) is 0 Å². The molecule has 4 rings (SSSR count). The summed E-state index contributed by atoms with van der Waals surface area (Å²) in [5, 5.41) is 7.91. The lowest BCUT2D eigenvalue weighted by Gasteiger charge is -2.23. The SMILES string of the molecule is CCC1(c2nc(C3CC4CCC3C4)no2)CCCN1. The number of hydrogen-bond donors (Lipinski definition) is 1. The van der Waals surface area contributed by atoms with Crippen LogP contribution in [0, 0.1) is 11.8 Å². The summed E-state index contributed by atoms with van der Waals surface area (Å²) in [7, 11) is 0. The molecule has 3 fully saturated rings. The predicted molar refractivity (Wildman–Crippen MR) is 71.7 cm³/mol. The van der Waals surface area contributed by atoms with Crippen LogP contribution >= 0.6 is 0 Å². The van der Waals surface area contributed by atoms with Crippen molar-refractivity contribution in [3.05, 3.63) is 11.7 Å². The number of nitrogens with zero attached hydrogens (tertiary/aromatic N) is 2. The Bertz CT molecular complexity index is 464. The molecular weight excluding hydrogens is 238 g/mol. The Kier molecular flexibility index (Phi) is 2.69. The second-order valence-electron chi connectivity index (χ2n) is 6.71. The van der Waals surface area contributed by atoms with Crippen molar-refractivity contribution in [3.63, 3.8) is 0 Å². The highest BCUT2D eigenvalue weighted by Crippen LogP contribution is 2.52. The molecule has 2 heterocycles. The minimum absolute atomic E-state index is 0.0388. The average Bonchev–Trinajstić information content (AvgIpc) is 3.20. The van der Waals surface area contributed by atoms with E-state index in [4.69, 9.17) is 9.51 Å². The van der Waals surface area contributed by atoms with Crippen LogP contribution in [-0.4, -0.2) is 16.7 Å². The molecule has 4 atom stereocenters. The second kappa shape index (κ2) is 4.30. The van der Waals surface area contributed by atoms with Crippen LogP contribution in [0.2, 0.25) is 0 Å². The lowest BCUT2D eigenvalue weighted by atomic mass is 9.88. The second-order valence-corrected chi connectivity index (χ2v) is 6.71. The van der Waals surface area contributed by atoms with Crippen molar-refractivity contribution in [1.29, 1.82) is 0 Å². The number of rotatable bonds is 3. The third-order valence-corrected chi connectivity index (χ3v) is 5.77. The topological polar surface area (TPSA) is 51.0 Å². The molecule has 0 aromatic carbocycles. The van der Waals surface area contributed by atoms with Crippen LogP contribution in [0.15, 0.2) is 4.52 Å². The van der Waals surface area contributed by atoms with Gasteiger partial charge in [0, 0.05) is 5.92 Å². The predicted octanol–water partition coefficient (Wildman–Crippen LogP) is 2.96. The van der Waals surface area contributed by atoms with E-state index in [1.165, 1.54) is 32.1 Å². The summed E-state index contributed by atoms with van der Waals surface area (Å²) in [6, 6.07) is 0. The number of aromatic nitrogens is 2. The van der Waals surface area contributed by atoms with E-state index in [1.807, 2.05) is 0 Å². The lowest BCUT2D eigenvalue weighted by Crippen LogP contribution is -2.36. The van der Waals surface area contributed by atoms with E-state index in [2.05, 4.69) is 17.4 Å². The zero-order valence-electron chi connectivity index (χ0n) is 11.7. The van der Waals surface area contributed by atoms with Crippen LogP contribution in [0.4, 0.5) is 0 Å². The Morgan fingerprint density at radius 2 is 2.32 bits per heavy atom. The van der Waals surface area contributed by atoms with Gasteiger partial charge in [0.25, 0.3) is 0 Å². The zero-order valence-corrected chi connectivity index (χ0v) is 11.7. The first-order chi connectivity index (χ1) is 9.31. The molecule has 0 radical (unpaired) electrons. The van der Waals surface area contributed by atoms with Gasteiger partial charge in [-0.2, -0.15) is 4.98 Å². The molecule has 2 aliphatic carbocycles. The number of nitrogens with one attached hydrogen (secondary N) is 1. The van der Waals surface area contributed by atoms with Crippen molar-refractivity contribution in [2.45, 2.75) is 63.3 Å². The highest BCUT2D eigenvalue weighted by Gasteiger charge is 2.44. The summed E-state index contributed by atoms with van der Waals surface area (Å²) < 4.78 is 5.64. The molecule has 1 N–H and O–H groups in total. The summed E-state index contributed by atoms with van der Waals surface area (Å²) in [5.74, 6) is 4.16. The van der Waals surface area contributed by atoms with E-state index >= 15 is 0 Å². The van der Waals surface area contributed by atoms with Crippen LogP contribution in [0.25, 0.3) is 0 Å². The fourth-order valence-corrected chi connectivity index (χ4v) is 4.58. The Balaban J connectivity index is 1.59. The van der Waals surface area contributed by atoms with Crippen LogP contribution in [-0.2, 0) is 5.54 Å². The van der Waals surface area contributed by atoms with Crippen molar-refractivity contribution in [1.82, 2.24) is 15.5 Å². The van der Waals surface area contributed by atoms with E-state index in [0.717, 1.165) is 42.9 Å². The molecule has 1 aromatic rings. The van der Waals surface area contributed by atoms with Gasteiger partial charge in [-0.05, 0) is 56.9 Å². The van der Waals surface area contributed by atoms with Gasteiger partial charge in [0.05, 0.1) is 5.54 Å². The van der Waals surface area contributed by atoms with Crippen LogP contribution in [0.1, 0.15) is 69.5 Å². The molecule has 1 aliphatic heterocycles. The molecule has 1 saturated heterocycles. The summed E-state index contributed by atoms with van der Waals surface area (Å²) in [5.41, 5.74) is -0.0388. The first kappa shape index (κ1) is 11.9. The molecule has 1 aromatic heterocycles. The van der Waals surface area contributed by atoms with E-state index < -0.39 is 0 Å². The van der Waals surface area contributed by atoms with Crippen molar-refractivity contribution >= 4 is 0 Å². The smallest absolute Gasteiger partial charge is 0.246 e. The summed E-state index contributed by atoms with van der Waals surface area (Å²) in [4.78, 5) is 4.80. The Morgan fingerprint density at radius 1 is 1.37 bits per heavy atom. The number of hydrogen-bond acceptors (Lipinski definition) is 4. The zero-order chi connectivity index (χ0) is 12.9. The van der Waals surface area contributed by atoms with E-state index in [-0.39, 0.29) is 5.54 Å². The van der Waals surface area contributed by atoms with Crippen LogP contribution < -0.4 is 5.32 Å². The van der Waals surface area contributed by atoms with E-state index in [9.17, 15) is 0 Å². The standard InChI is InChI=1S/C15H23N3O/c1-2-15(6-3-7-16-15)14-17-13(18-19-14)12-9-10-4-5-11(12)8-10/h10-12,16H,2-9H2,1H3. The summed E-state index contributed by atoms with van der Waals surface area (Å²) >= 11 is 0. The van der Waals surface area contributed by atoms with Gasteiger partial charge in [0.2, 0.25) is 5.89 Å². The quantitative estimate of drug-likeness (QED) is 0.909. The van der Waals surface area contributed by atoms with Gasteiger partial charge in [-0.15, -0.1) is 0 Å². The van der Waals surface area contributed by atoms with Crippen molar-refractivity contribution in [3.8, 4) is 0 Å². The minimum atomic E-state index is -0.0388. The Hall–Kier alpha value is -0.900. The number of fused-ring (bicyclic) bond motifs is 2.